The van der Waals surface area contributed by atoms with E-state index in [4.69, 9.17) is 14.2 Å². The van der Waals surface area contributed by atoms with E-state index in [-0.39, 0.29) is 24.2 Å². The van der Waals surface area contributed by atoms with E-state index in [1.54, 1.807) is 26.8 Å². The monoisotopic (exact) mass is 358 g/mol. The molecule has 0 aromatic rings. The van der Waals surface area contributed by atoms with E-state index in [1.807, 2.05) is 0 Å². The molecule has 0 N–H and O–H groups in total. The molecule has 0 radical (unpaired) electrons. The van der Waals surface area contributed by atoms with Crippen LogP contribution in [0.2, 0.25) is 0 Å². The van der Waals surface area contributed by atoms with Crippen molar-refractivity contribution in [1.82, 2.24) is 0 Å². The average Bonchev–Trinajstić information content (AvgIpc) is 3.03. The van der Waals surface area contributed by atoms with Crippen molar-refractivity contribution in [2.75, 3.05) is 0 Å². The van der Waals surface area contributed by atoms with E-state index in [1.165, 1.54) is 6.08 Å². The van der Waals surface area contributed by atoms with Crippen LogP contribution in [0.15, 0.2) is 47.8 Å². The van der Waals surface area contributed by atoms with Crippen LogP contribution in [-0.4, -0.2) is 35.5 Å². The Hall–Kier alpha value is -2.63. The van der Waals surface area contributed by atoms with E-state index < -0.39 is 35.7 Å². The molecular weight excluding hydrogens is 336 g/mol. The summed E-state index contributed by atoms with van der Waals surface area (Å²) in [6.07, 6.45) is 2.08. The minimum Gasteiger partial charge on any atom is -0.479 e. The second-order valence-electron chi connectivity index (χ2n) is 7.13. The van der Waals surface area contributed by atoms with Crippen molar-refractivity contribution in [3.8, 4) is 0 Å². The number of fused-ring (bicyclic) bond motifs is 3. The van der Waals surface area contributed by atoms with Gasteiger partial charge in [-0.3, -0.25) is 4.79 Å². The second kappa shape index (κ2) is 6.27. The third-order valence-corrected chi connectivity index (χ3v) is 5.24. The SMILES string of the molecule is C=C1C[C@@H]2OC(=O)C(=C)[C@H]2[C@@H](OC(=O)/C(C)=C\C)C[C@@]2(C)OC1=CC2=O. The quantitative estimate of drug-likeness (QED) is 0.558. The zero-order chi connectivity index (χ0) is 19.2. The molecule has 2 saturated heterocycles. The molecule has 4 atom stereocenters. The van der Waals surface area contributed by atoms with Crippen LogP contribution in [0.4, 0.5) is 0 Å². The van der Waals surface area contributed by atoms with Gasteiger partial charge in [0.1, 0.15) is 18.0 Å². The number of carbonyl (C=O) groups is 3. The molecule has 0 unspecified atom stereocenters. The van der Waals surface area contributed by atoms with Gasteiger partial charge < -0.3 is 14.2 Å². The van der Waals surface area contributed by atoms with Gasteiger partial charge in [0, 0.05) is 30.1 Å². The fourth-order valence-corrected chi connectivity index (χ4v) is 3.51. The van der Waals surface area contributed by atoms with Crippen LogP contribution in [0.3, 0.4) is 0 Å². The summed E-state index contributed by atoms with van der Waals surface area (Å²) >= 11 is 0. The number of ether oxygens (including phenoxy) is 3. The molecule has 3 aliphatic rings. The highest BCUT2D eigenvalue weighted by Crippen LogP contribution is 2.44. The first kappa shape index (κ1) is 18.2. The number of hydrogen-bond donors (Lipinski definition) is 0. The maximum atomic E-state index is 12.5. The lowest BCUT2D eigenvalue weighted by molar-refractivity contribution is -0.153. The van der Waals surface area contributed by atoms with Crippen molar-refractivity contribution in [1.29, 1.82) is 0 Å². The molecule has 0 aromatic carbocycles. The first-order valence-electron chi connectivity index (χ1n) is 8.53. The molecule has 2 bridgehead atoms. The van der Waals surface area contributed by atoms with Gasteiger partial charge in [-0.05, 0) is 26.3 Å². The zero-order valence-electron chi connectivity index (χ0n) is 15.2. The Morgan fingerprint density at radius 1 is 1.38 bits per heavy atom. The van der Waals surface area contributed by atoms with Crippen LogP contribution < -0.4 is 0 Å². The Labute approximate surface area is 152 Å². The van der Waals surface area contributed by atoms with Crippen molar-refractivity contribution < 1.29 is 28.6 Å². The van der Waals surface area contributed by atoms with Crippen LogP contribution >= 0.6 is 0 Å². The van der Waals surface area contributed by atoms with Crippen molar-refractivity contribution in [3.05, 3.63) is 47.8 Å². The summed E-state index contributed by atoms with van der Waals surface area (Å²) in [7, 11) is 0. The van der Waals surface area contributed by atoms with E-state index >= 15 is 0 Å². The third kappa shape index (κ3) is 2.89. The standard InChI is InChI=1S/C20H22O6/c1-6-10(2)18(22)25-15-9-20(5)16(21)8-13(26-20)11(3)7-14-17(15)12(4)19(23)24-14/h6,8,14-15,17H,3-4,7,9H2,1-2,5H3/b10-6-/t14-,15-,17+,20+/m0/s1. The molecule has 0 amide bonds. The van der Waals surface area contributed by atoms with Gasteiger partial charge in [-0.25, -0.2) is 9.59 Å². The molecule has 138 valence electrons. The Kier molecular flexibility index (Phi) is 4.38. The minimum atomic E-state index is -1.19. The van der Waals surface area contributed by atoms with Gasteiger partial charge in [0.2, 0.25) is 5.78 Å². The summed E-state index contributed by atoms with van der Waals surface area (Å²) < 4.78 is 17.0. The van der Waals surface area contributed by atoms with Gasteiger partial charge in [0.05, 0.1) is 5.92 Å². The van der Waals surface area contributed by atoms with Gasteiger partial charge in [0.15, 0.2) is 5.60 Å². The number of hydrogen-bond acceptors (Lipinski definition) is 6. The second-order valence-corrected chi connectivity index (χ2v) is 7.13. The van der Waals surface area contributed by atoms with Crippen molar-refractivity contribution >= 4 is 17.7 Å². The fourth-order valence-electron chi connectivity index (χ4n) is 3.51. The highest BCUT2D eigenvalue weighted by atomic mass is 16.6. The lowest BCUT2D eigenvalue weighted by atomic mass is 9.81. The largest absolute Gasteiger partial charge is 0.479 e. The maximum Gasteiger partial charge on any atom is 0.334 e. The van der Waals surface area contributed by atoms with Crippen molar-refractivity contribution in [2.45, 2.75) is 51.4 Å². The Morgan fingerprint density at radius 3 is 2.73 bits per heavy atom. The Bertz CT molecular complexity index is 786. The van der Waals surface area contributed by atoms with Crippen LogP contribution in [0, 0.1) is 5.92 Å². The molecule has 0 saturated carbocycles. The van der Waals surface area contributed by atoms with Gasteiger partial charge >= 0.3 is 11.9 Å². The topological polar surface area (TPSA) is 78.9 Å². The summed E-state index contributed by atoms with van der Waals surface area (Å²) in [5.74, 6) is -1.41. The highest BCUT2D eigenvalue weighted by Gasteiger charge is 2.52. The van der Waals surface area contributed by atoms with E-state index in [0.717, 1.165) is 0 Å². The number of carbonyl (C=O) groups excluding carboxylic acids is 3. The van der Waals surface area contributed by atoms with Crippen molar-refractivity contribution in [2.24, 2.45) is 5.92 Å². The zero-order valence-corrected chi connectivity index (χ0v) is 15.2. The summed E-state index contributed by atoms with van der Waals surface area (Å²) in [5.41, 5.74) is 0.0514. The summed E-state index contributed by atoms with van der Waals surface area (Å²) in [6.45, 7) is 12.8. The number of ketones is 1. The van der Waals surface area contributed by atoms with Gasteiger partial charge in [0.25, 0.3) is 0 Å². The molecule has 6 nitrogen and oxygen atoms in total. The normalized spacial score (nSPS) is 34.2. The first-order chi connectivity index (χ1) is 12.2. The summed E-state index contributed by atoms with van der Waals surface area (Å²) in [6, 6.07) is 0. The van der Waals surface area contributed by atoms with E-state index in [0.29, 0.717) is 16.9 Å². The molecule has 26 heavy (non-hydrogen) atoms. The van der Waals surface area contributed by atoms with Crippen molar-refractivity contribution in [3.63, 3.8) is 0 Å². The number of rotatable bonds is 2. The third-order valence-electron chi connectivity index (χ3n) is 5.24. The van der Waals surface area contributed by atoms with Gasteiger partial charge in [-0.15, -0.1) is 0 Å². The molecule has 2 fully saturated rings. The predicted molar refractivity (Wildman–Crippen MR) is 92.8 cm³/mol. The maximum absolute atomic E-state index is 12.5. The number of allylic oxidation sites excluding steroid dienone is 2. The molecule has 3 aliphatic heterocycles. The van der Waals surface area contributed by atoms with Crippen LogP contribution in [0.1, 0.15) is 33.6 Å². The molecular formula is C20H22O6. The van der Waals surface area contributed by atoms with Gasteiger partial charge in [-0.1, -0.05) is 19.2 Å². The predicted octanol–water partition coefficient (Wildman–Crippen LogP) is 2.55. The molecule has 6 heteroatoms. The average molecular weight is 358 g/mol. The van der Waals surface area contributed by atoms with E-state index in [9.17, 15) is 14.4 Å². The molecule has 0 spiro atoms. The molecule has 3 rings (SSSR count). The van der Waals surface area contributed by atoms with Crippen LogP contribution in [-0.2, 0) is 28.6 Å². The summed E-state index contributed by atoms with van der Waals surface area (Å²) in [4.78, 5) is 36.9. The molecule has 3 heterocycles. The van der Waals surface area contributed by atoms with Crippen LogP contribution in [0.25, 0.3) is 0 Å². The lowest BCUT2D eigenvalue weighted by Gasteiger charge is -2.31. The molecule has 0 aromatic heterocycles. The fraction of sp³-hybridized carbons (Fsp3) is 0.450. The van der Waals surface area contributed by atoms with Gasteiger partial charge in [-0.2, -0.15) is 0 Å². The Morgan fingerprint density at radius 2 is 2.08 bits per heavy atom. The Balaban J connectivity index is 2.02. The lowest BCUT2D eigenvalue weighted by Crippen LogP contribution is -2.43. The minimum absolute atomic E-state index is 0.0959. The number of esters is 2. The molecule has 0 aliphatic carbocycles. The van der Waals surface area contributed by atoms with E-state index in [2.05, 4.69) is 13.2 Å². The summed E-state index contributed by atoms with van der Waals surface area (Å²) in [5, 5.41) is 0. The highest BCUT2D eigenvalue weighted by molar-refractivity contribution is 6.00. The van der Waals surface area contributed by atoms with Crippen LogP contribution in [0.5, 0.6) is 0 Å². The first-order valence-corrected chi connectivity index (χ1v) is 8.53. The smallest absolute Gasteiger partial charge is 0.334 e.